The molecule has 4 rings (SSSR count). The summed E-state index contributed by atoms with van der Waals surface area (Å²) in [7, 11) is 0. The number of hydrogen-bond donors (Lipinski definition) is 0. The number of hydrogen-bond acceptors (Lipinski definition) is 3. The summed E-state index contributed by atoms with van der Waals surface area (Å²) in [5, 5.41) is 0. The van der Waals surface area contributed by atoms with Crippen molar-refractivity contribution >= 4 is 18.0 Å². The Hall–Kier alpha value is -1.97. The van der Waals surface area contributed by atoms with Gasteiger partial charge in [0.2, 0.25) is 5.91 Å². The largest absolute Gasteiger partial charge is 0.300 e. The molecule has 4 nitrogen and oxygen atoms in total. The standard InChI is InChI=1S/C28H40N2O2/c1-19-14-15-22(17-25-20(2)16-26(31)27(19)25)21(3)28(32)30(24-12-8-5-9-13-24)18-29-23-10-6-4-7-11-23/h16-18,21-24H,4-15H2,1-3H3/t21-,22+/m1/s1. The zero-order valence-electron chi connectivity index (χ0n) is 20.2. The summed E-state index contributed by atoms with van der Waals surface area (Å²) in [5.41, 5.74) is 4.15. The molecule has 2 fully saturated rings. The molecule has 0 unspecified atom stereocenters. The van der Waals surface area contributed by atoms with Crippen molar-refractivity contribution in [2.24, 2.45) is 16.8 Å². The summed E-state index contributed by atoms with van der Waals surface area (Å²) in [6.07, 6.45) is 19.7. The van der Waals surface area contributed by atoms with Crippen LogP contribution < -0.4 is 0 Å². The summed E-state index contributed by atoms with van der Waals surface area (Å²) >= 11 is 0. The van der Waals surface area contributed by atoms with Crippen molar-refractivity contribution in [2.45, 2.75) is 110 Å². The van der Waals surface area contributed by atoms with Crippen LogP contribution in [0, 0.1) is 11.8 Å². The molecule has 32 heavy (non-hydrogen) atoms. The molecule has 4 aliphatic carbocycles. The highest BCUT2D eigenvalue weighted by molar-refractivity contribution is 6.13. The Morgan fingerprint density at radius 1 is 1.03 bits per heavy atom. The maximum absolute atomic E-state index is 13.9. The third-order valence-electron chi connectivity index (χ3n) is 8.18. The van der Waals surface area contributed by atoms with Gasteiger partial charge in [0.1, 0.15) is 0 Å². The first kappa shape index (κ1) is 23.2. The molecular formula is C28H40N2O2. The Morgan fingerprint density at radius 3 is 2.38 bits per heavy atom. The number of fused-ring (bicyclic) bond motifs is 1. The minimum Gasteiger partial charge on any atom is -0.300 e. The van der Waals surface area contributed by atoms with E-state index in [1.54, 1.807) is 6.08 Å². The highest BCUT2D eigenvalue weighted by atomic mass is 16.2. The Labute approximate surface area is 193 Å². The molecule has 0 N–H and O–H groups in total. The molecule has 4 heteroatoms. The second kappa shape index (κ2) is 10.3. The van der Waals surface area contributed by atoms with E-state index in [0.717, 1.165) is 55.2 Å². The number of carbonyl (C=O) groups is 2. The lowest BCUT2D eigenvalue weighted by Gasteiger charge is -2.35. The molecule has 2 atom stereocenters. The third kappa shape index (κ3) is 5.00. The number of ketones is 1. The first-order chi connectivity index (χ1) is 15.5. The van der Waals surface area contributed by atoms with Crippen molar-refractivity contribution in [3.63, 3.8) is 0 Å². The van der Waals surface area contributed by atoms with Crippen LogP contribution in [0.3, 0.4) is 0 Å². The molecule has 0 aromatic rings. The van der Waals surface area contributed by atoms with Crippen molar-refractivity contribution in [3.05, 3.63) is 34.4 Å². The first-order valence-corrected chi connectivity index (χ1v) is 13.0. The minimum absolute atomic E-state index is 0.113. The predicted octanol–water partition coefficient (Wildman–Crippen LogP) is 6.33. The zero-order chi connectivity index (χ0) is 22.7. The maximum Gasteiger partial charge on any atom is 0.231 e. The van der Waals surface area contributed by atoms with E-state index in [1.807, 2.05) is 18.2 Å². The van der Waals surface area contributed by atoms with E-state index in [-0.39, 0.29) is 29.6 Å². The van der Waals surface area contributed by atoms with E-state index in [2.05, 4.69) is 19.9 Å². The Balaban J connectivity index is 1.54. The highest BCUT2D eigenvalue weighted by Crippen LogP contribution is 2.39. The van der Waals surface area contributed by atoms with Crippen LogP contribution in [0.4, 0.5) is 0 Å². The van der Waals surface area contributed by atoms with Gasteiger partial charge >= 0.3 is 0 Å². The van der Waals surface area contributed by atoms with Gasteiger partial charge in [-0.1, -0.05) is 57.1 Å². The maximum atomic E-state index is 13.9. The van der Waals surface area contributed by atoms with Crippen molar-refractivity contribution in [1.29, 1.82) is 0 Å². The van der Waals surface area contributed by atoms with Crippen LogP contribution in [-0.4, -0.2) is 35.0 Å². The van der Waals surface area contributed by atoms with Crippen molar-refractivity contribution in [2.75, 3.05) is 0 Å². The number of carbonyl (C=O) groups excluding carboxylic acids is 2. The van der Waals surface area contributed by atoms with Crippen LogP contribution in [0.25, 0.3) is 0 Å². The molecule has 0 bridgehead atoms. The first-order valence-electron chi connectivity index (χ1n) is 13.0. The smallest absolute Gasteiger partial charge is 0.231 e. The van der Waals surface area contributed by atoms with Gasteiger partial charge in [0.05, 0.1) is 12.4 Å². The molecule has 0 spiro atoms. The van der Waals surface area contributed by atoms with Crippen LogP contribution >= 0.6 is 0 Å². The van der Waals surface area contributed by atoms with Crippen LogP contribution in [0.1, 0.15) is 97.8 Å². The molecule has 174 valence electrons. The Morgan fingerprint density at radius 2 is 1.69 bits per heavy atom. The number of amides is 1. The molecule has 0 saturated heterocycles. The Kier molecular flexibility index (Phi) is 7.48. The molecule has 0 radical (unpaired) electrons. The van der Waals surface area contributed by atoms with Gasteiger partial charge in [-0.2, -0.15) is 0 Å². The number of aliphatic imine (C=N–C) groups is 1. The second-order valence-electron chi connectivity index (χ2n) is 10.5. The van der Waals surface area contributed by atoms with E-state index in [9.17, 15) is 9.59 Å². The number of allylic oxidation sites excluding steroid dienone is 6. The van der Waals surface area contributed by atoms with Crippen LogP contribution in [0.15, 0.2) is 39.4 Å². The molecule has 1 amide bonds. The van der Waals surface area contributed by atoms with E-state index in [0.29, 0.717) is 6.04 Å². The SMILES string of the molecule is CC1=CC(=O)C2=C(C)CC[C@H]([C@@H](C)C(=O)N(C=NC3CCCCC3)C3CCCCC3)C=C12. The lowest BCUT2D eigenvalue weighted by molar-refractivity contribution is -0.134. The quantitative estimate of drug-likeness (QED) is 0.374. The molecule has 0 aromatic heterocycles. The number of nitrogens with zero attached hydrogens (tertiary/aromatic N) is 2. The highest BCUT2D eigenvalue weighted by Gasteiger charge is 2.34. The molecule has 0 heterocycles. The summed E-state index contributed by atoms with van der Waals surface area (Å²) in [4.78, 5) is 33.3. The van der Waals surface area contributed by atoms with Crippen LogP contribution in [0.5, 0.6) is 0 Å². The van der Waals surface area contributed by atoms with E-state index in [4.69, 9.17) is 4.99 Å². The normalized spacial score (nSPS) is 26.6. The van der Waals surface area contributed by atoms with Gasteiger partial charge < -0.3 is 0 Å². The fourth-order valence-electron chi connectivity index (χ4n) is 6.04. The molecule has 0 aromatic carbocycles. The second-order valence-corrected chi connectivity index (χ2v) is 10.5. The summed E-state index contributed by atoms with van der Waals surface area (Å²) in [6.45, 7) is 6.18. The average Bonchev–Trinajstić information content (AvgIpc) is 2.97. The fraction of sp³-hybridized carbons (Fsp3) is 0.679. The summed E-state index contributed by atoms with van der Waals surface area (Å²) < 4.78 is 0. The van der Waals surface area contributed by atoms with E-state index >= 15 is 0 Å². The Bertz CT molecular complexity index is 851. The van der Waals surface area contributed by atoms with Crippen molar-refractivity contribution < 1.29 is 9.59 Å². The van der Waals surface area contributed by atoms with E-state index < -0.39 is 0 Å². The van der Waals surface area contributed by atoms with Crippen LogP contribution in [-0.2, 0) is 9.59 Å². The van der Waals surface area contributed by atoms with Crippen molar-refractivity contribution in [1.82, 2.24) is 4.90 Å². The number of rotatable bonds is 5. The summed E-state index contributed by atoms with van der Waals surface area (Å²) in [6, 6.07) is 0.666. The minimum atomic E-state index is -0.113. The molecular weight excluding hydrogens is 396 g/mol. The van der Waals surface area contributed by atoms with E-state index in [1.165, 1.54) is 44.1 Å². The van der Waals surface area contributed by atoms with Gasteiger partial charge in [-0.3, -0.25) is 19.5 Å². The lowest BCUT2D eigenvalue weighted by atomic mass is 9.86. The van der Waals surface area contributed by atoms with Gasteiger partial charge in [-0.15, -0.1) is 0 Å². The topological polar surface area (TPSA) is 49.7 Å². The molecule has 2 saturated carbocycles. The van der Waals surface area contributed by atoms with Gasteiger partial charge in [-0.05, 0) is 75.5 Å². The van der Waals surface area contributed by atoms with Gasteiger partial charge in [0.25, 0.3) is 0 Å². The predicted molar refractivity (Wildman–Crippen MR) is 131 cm³/mol. The molecule has 4 aliphatic rings. The van der Waals surface area contributed by atoms with Gasteiger partial charge in [-0.25, -0.2) is 0 Å². The van der Waals surface area contributed by atoms with Crippen LogP contribution in [0.2, 0.25) is 0 Å². The summed E-state index contributed by atoms with van der Waals surface area (Å²) in [5.74, 6) is 0.381. The fourth-order valence-corrected chi connectivity index (χ4v) is 6.04. The average molecular weight is 437 g/mol. The van der Waals surface area contributed by atoms with Gasteiger partial charge in [0, 0.05) is 17.5 Å². The third-order valence-corrected chi connectivity index (χ3v) is 8.18. The molecule has 0 aliphatic heterocycles. The zero-order valence-corrected chi connectivity index (χ0v) is 20.2. The lowest BCUT2D eigenvalue weighted by Crippen LogP contribution is -2.44. The monoisotopic (exact) mass is 436 g/mol. The van der Waals surface area contributed by atoms with Crippen molar-refractivity contribution in [3.8, 4) is 0 Å². The van der Waals surface area contributed by atoms with Gasteiger partial charge in [0.15, 0.2) is 5.78 Å².